The predicted octanol–water partition coefficient (Wildman–Crippen LogP) is 2.59. The minimum Gasteiger partial charge on any atom is -0.273 e. The molecule has 2 amide bonds. The van der Waals surface area contributed by atoms with Crippen molar-refractivity contribution in [3.63, 3.8) is 0 Å². The fourth-order valence-corrected chi connectivity index (χ4v) is 3.34. The Morgan fingerprint density at radius 2 is 2.13 bits per heavy atom. The molecule has 0 radical (unpaired) electrons. The number of rotatable bonds is 4. The molecule has 1 saturated heterocycles. The van der Waals surface area contributed by atoms with Gasteiger partial charge in [-0.2, -0.15) is 0 Å². The van der Waals surface area contributed by atoms with E-state index in [0.29, 0.717) is 25.2 Å². The van der Waals surface area contributed by atoms with Crippen molar-refractivity contribution in [2.45, 2.75) is 26.2 Å². The number of aromatic nitrogens is 2. The van der Waals surface area contributed by atoms with Crippen molar-refractivity contribution in [1.82, 2.24) is 20.0 Å². The first-order valence-electron chi connectivity index (χ1n) is 7.68. The fourth-order valence-electron chi connectivity index (χ4n) is 2.55. The minimum atomic E-state index is -0.210. The molecular weight excluding hydrogens is 312 g/mol. The Morgan fingerprint density at radius 1 is 1.30 bits per heavy atom. The summed E-state index contributed by atoms with van der Waals surface area (Å²) in [5.74, 6) is -0.209. The summed E-state index contributed by atoms with van der Waals surface area (Å²) in [4.78, 5) is 33.3. The molecule has 3 heterocycles. The zero-order valence-electron chi connectivity index (χ0n) is 12.9. The van der Waals surface area contributed by atoms with E-state index in [1.807, 2.05) is 19.1 Å². The number of amides is 2. The van der Waals surface area contributed by atoms with Gasteiger partial charge < -0.3 is 0 Å². The smallest absolute Gasteiger partial charge is 0.273 e. The fraction of sp³-hybridized carbons (Fsp3) is 0.375. The lowest BCUT2D eigenvalue weighted by Gasteiger charge is -2.27. The van der Waals surface area contributed by atoms with Crippen LogP contribution in [0.1, 0.15) is 36.7 Å². The van der Waals surface area contributed by atoms with Crippen LogP contribution in [0, 0.1) is 0 Å². The molecule has 23 heavy (non-hydrogen) atoms. The van der Waals surface area contributed by atoms with Gasteiger partial charge in [-0.15, -0.1) is 11.3 Å². The zero-order valence-corrected chi connectivity index (χ0v) is 13.8. The Morgan fingerprint density at radius 3 is 2.87 bits per heavy atom. The third-order valence-electron chi connectivity index (χ3n) is 3.65. The lowest BCUT2D eigenvalue weighted by molar-refractivity contribution is -0.140. The zero-order chi connectivity index (χ0) is 16.2. The van der Waals surface area contributed by atoms with E-state index in [9.17, 15) is 9.59 Å². The van der Waals surface area contributed by atoms with E-state index in [4.69, 9.17) is 0 Å². The first kappa shape index (κ1) is 15.6. The molecule has 0 aliphatic carbocycles. The highest BCUT2D eigenvalue weighted by Gasteiger charge is 2.31. The van der Waals surface area contributed by atoms with Crippen LogP contribution in [-0.4, -0.2) is 44.9 Å². The lowest BCUT2D eigenvalue weighted by Crippen LogP contribution is -2.44. The minimum absolute atomic E-state index is 0.000984. The van der Waals surface area contributed by atoms with Crippen molar-refractivity contribution in [1.29, 1.82) is 0 Å². The Labute approximate surface area is 138 Å². The van der Waals surface area contributed by atoms with Crippen LogP contribution in [0.4, 0.5) is 0 Å². The van der Waals surface area contributed by atoms with E-state index in [1.54, 1.807) is 22.8 Å². The van der Waals surface area contributed by atoms with E-state index < -0.39 is 0 Å². The standard InChI is InChI=1S/C16H18N4O2S/c1-2-5-14(21)19-8-4-9-20(19)16(22)13-11-23-15(18-13)12-6-3-7-17-10-12/h3,6-7,10-11H,2,4-5,8-9H2,1H3. The predicted molar refractivity (Wildman–Crippen MR) is 87.6 cm³/mol. The molecule has 2 aromatic heterocycles. The van der Waals surface area contributed by atoms with Crippen molar-refractivity contribution in [2.24, 2.45) is 0 Å². The summed E-state index contributed by atoms with van der Waals surface area (Å²) in [5.41, 5.74) is 1.27. The molecule has 1 fully saturated rings. The van der Waals surface area contributed by atoms with Gasteiger partial charge >= 0.3 is 0 Å². The molecule has 0 aromatic carbocycles. The molecule has 0 atom stereocenters. The first-order chi connectivity index (χ1) is 11.2. The summed E-state index contributed by atoms with van der Waals surface area (Å²) in [6.07, 6.45) is 5.46. The number of carbonyl (C=O) groups excluding carboxylic acids is 2. The molecule has 120 valence electrons. The van der Waals surface area contributed by atoms with Crippen LogP contribution in [0.3, 0.4) is 0 Å². The third-order valence-corrected chi connectivity index (χ3v) is 4.54. The highest BCUT2D eigenvalue weighted by atomic mass is 32.1. The van der Waals surface area contributed by atoms with Crippen LogP contribution in [0.15, 0.2) is 29.9 Å². The number of nitrogens with zero attached hydrogens (tertiary/aromatic N) is 4. The van der Waals surface area contributed by atoms with Gasteiger partial charge in [0.25, 0.3) is 5.91 Å². The van der Waals surface area contributed by atoms with Gasteiger partial charge in [-0.05, 0) is 25.0 Å². The van der Waals surface area contributed by atoms with Crippen molar-refractivity contribution >= 4 is 23.2 Å². The Kier molecular flexibility index (Phi) is 4.66. The van der Waals surface area contributed by atoms with Crippen molar-refractivity contribution < 1.29 is 9.59 Å². The highest BCUT2D eigenvalue weighted by molar-refractivity contribution is 7.13. The molecule has 0 unspecified atom stereocenters. The monoisotopic (exact) mass is 330 g/mol. The SMILES string of the molecule is CCCC(=O)N1CCCN1C(=O)c1csc(-c2cccnc2)n1. The molecule has 7 heteroatoms. The van der Waals surface area contributed by atoms with Crippen LogP contribution in [0.2, 0.25) is 0 Å². The van der Waals surface area contributed by atoms with Gasteiger partial charge in [0.2, 0.25) is 5.91 Å². The van der Waals surface area contributed by atoms with E-state index >= 15 is 0 Å². The van der Waals surface area contributed by atoms with Gasteiger partial charge in [-0.1, -0.05) is 6.92 Å². The summed E-state index contributed by atoms with van der Waals surface area (Å²) in [7, 11) is 0. The number of hydrazine groups is 1. The summed E-state index contributed by atoms with van der Waals surface area (Å²) >= 11 is 1.41. The van der Waals surface area contributed by atoms with Gasteiger partial charge in [-0.25, -0.2) is 9.99 Å². The van der Waals surface area contributed by atoms with Gasteiger partial charge in [0.05, 0.1) is 0 Å². The summed E-state index contributed by atoms with van der Waals surface area (Å²) in [6.45, 7) is 3.12. The molecule has 0 bridgehead atoms. The highest BCUT2D eigenvalue weighted by Crippen LogP contribution is 2.24. The first-order valence-corrected chi connectivity index (χ1v) is 8.56. The average molecular weight is 330 g/mol. The largest absolute Gasteiger partial charge is 0.291 e. The van der Waals surface area contributed by atoms with Gasteiger partial charge in [0, 0.05) is 42.8 Å². The number of hydrogen-bond acceptors (Lipinski definition) is 5. The van der Waals surface area contributed by atoms with E-state index in [0.717, 1.165) is 23.4 Å². The van der Waals surface area contributed by atoms with Crippen molar-refractivity contribution in [2.75, 3.05) is 13.1 Å². The molecular formula is C16H18N4O2S. The number of pyridine rings is 1. The molecule has 6 nitrogen and oxygen atoms in total. The number of thiazole rings is 1. The molecule has 1 aliphatic rings. The Balaban J connectivity index is 1.78. The van der Waals surface area contributed by atoms with Crippen molar-refractivity contribution in [3.8, 4) is 10.6 Å². The average Bonchev–Trinajstić information content (AvgIpc) is 3.25. The molecule has 2 aromatic rings. The lowest BCUT2D eigenvalue weighted by atomic mass is 10.3. The molecule has 1 aliphatic heterocycles. The van der Waals surface area contributed by atoms with Gasteiger partial charge in [0.15, 0.2) is 0 Å². The summed E-state index contributed by atoms with van der Waals surface area (Å²) in [6, 6.07) is 3.75. The van der Waals surface area contributed by atoms with E-state index in [1.165, 1.54) is 16.3 Å². The summed E-state index contributed by atoms with van der Waals surface area (Å²) < 4.78 is 0. The molecule has 0 N–H and O–H groups in total. The Bertz CT molecular complexity index is 701. The van der Waals surface area contributed by atoms with Crippen LogP contribution >= 0.6 is 11.3 Å². The summed E-state index contributed by atoms with van der Waals surface area (Å²) in [5, 5.41) is 5.59. The Hall–Kier alpha value is -2.28. The van der Waals surface area contributed by atoms with Crippen molar-refractivity contribution in [3.05, 3.63) is 35.6 Å². The van der Waals surface area contributed by atoms with Crippen LogP contribution in [-0.2, 0) is 4.79 Å². The van der Waals surface area contributed by atoms with Crippen LogP contribution < -0.4 is 0 Å². The van der Waals surface area contributed by atoms with Gasteiger partial charge in [0.1, 0.15) is 10.7 Å². The second-order valence-electron chi connectivity index (χ2n) is 5.33. The third kappa shape index (κ3) is 3.24. The number of hydrogen-bond donors (Lipinski definition) is 0. The van der Waals surface area contributed by atoms with E-state index in [2.05, 4.69) is 9.97 Å². The normalized spacial score (nSPS) is 14.3. The topological polar surface area (TPSA) is 66.4 Å². The maximum atomic E-state index is 12.7. The molecule has 3 rings (SSSR count). The molecule has 0 spiro atoms. The molecule has 0 saturated carbocycles. The second kappa shape index (κ2) is 6.87. The van der Waals surface area contributed by atoms with E-state index in [-0.39, 0.29) is 11.8 Å². The maximum absolute atomic E-state index is 12.7. The number of carbonyl (C=O) groups is 2. The van der Waals surface area contributed by atoms with Gasteiger partial charge in [-0.3, -0.25) is 19.6 Å². The second-order valence-corrected chi connectivity index (χ2v) is 6.19. The maximum Gasteiger partial charge on any atom is 0.291 e. The van der Waals surface area contributed by atoms with Crippen LogP contribution in [0.25, 0.3) is 10.6 Å². The quantitative estimate of drug-likeness (QED) is 0.864. The van der Waals surface area contributed by atoms with Crippen LogP contribution in [0.5, 0.6) is 0 Å².